The van der Waals surface area contributed by atoms with Crippen LogP contribution in [-0.4, -0.2) is 60.6 Å². The van der Waals surface area contributed by atoms with E-state index < -0.39 is 21.8 Å². The van der Waals surface area contributed by atoms with Crippen molar-refractivity contribution < 1.29 is 17.4 Å². The van der Waals surface area contributed by atoms with Crippen molar-refractivity contribution in [3.63, 3.8) is 0 Å². The quantitative estimate of drug-likeness (QED) is 0.580. The van der Waals surface area contributed by atoms with E-state index in [1.807, 2.05) is 6.07 Å². The van der Waals surface area contributed by atoms with Crippen molar-refractivity contribution in [1.29, 1.82) is 0 Å². The largest absolute Gasteiger partial charge is 0.384 e. The van der Waals surface area contributed by atoms with Crippen LogP contribution in [0.15, 0.2) is 72.0 Å². The van der Waals surface area contributed by atoms with Crippen LogP contribution < -0.4 is 9.92 Å². The molecule has 1 aliphatic rings. The maximum absolute atomic E-state index is 13.5. The lowest BCUT2D eigenvalue weighted by Gasteiger charge is -2.27. The molecule has 2 heterocycles. The predicted molar refractivity (Wildman–Crippen MR) is 122 cm³/mol. The van der Waals surface area contributed by atoms with E-state index in [1.165, 1.54) is 38.2 Å². The number of rotatable bonds is 6. The summed E-state index contributed by atoms with van der Waals surface area (Å²) in [5.41, 5.74) is 6.12. The summed E-state index contributed by atoms with van der Waals surface area (Å²) in [5, 5.41) is 0. The minimum Gasteiger partial charge on any atom is -0.371 e. The fourth-order valence-corrected chi connectivity index (χ4v) is 3.98. The minimum atomic E-state index is -3.99. The van der Waals surface area contributed by atoms with E-state index in [-0.39, 0.29) is 11.7 Å². The van der Waals surface area contributed by atoms with E-state index in [2.05, 4.69) is 15.0 Å². The van der Waals surface area contributed by atoms with Gasteiger partial charge in [0.25, 0.3) is 5.91 Å². The second-order valence-corrected chi connectivity index (χ2v) is 9.30. The molecule has 1 unspecified atom stereocenters. The third-order valence-corrected chi connectivity index (χ3v) is 6.54. The van der Waals surface area contributed by atoms with Gasteiger partial charge in [-0.25, -0.2) is 15.0 Å². The van der Waals surface area contributed by atoms with Gasteiger partial charge in [0.15, 0.2) is 17.3 Å². The van der Waals surface area contributed by atoms with E-state index in [4.69, 9.17) is 9.92 Å². The summed E-state index contributed by atoms with van der Waals surface area (Å²) in [6, 6.07) is 15.1. The van der Waals surface area contributed by atoms with Crippen LogP contribution in [-0.2, 0) is 20.6 Å². The standard InChI is InChI=1S/C22H22N6O4S/c1-27(2)33(30,31)32-18-10-5-9-17(14-18)22(20(29)28(3)21(23)26-22)16-8-4-7-15(13-16)19-24-11-6-12-25-19/h4-14H,1-3H3,(H2,23,26). The van der Waals surface area contributed by atoms with Crippen LogP contribution in [0, 0.1) is 0 Å². The Hall–Kier alpha value is -3.83. The number of amides is 1. The molecule has 0 bridgehead atoms. The smallest absolute Gasteiger partial charge is 0.371 e. The van der Waals surface area contributed by atoms with Crippen molar-refractivity contribution in [3.05, 3.63) is 78.1 Å². The lowest BCUT2D eigenvalue weighted by Crippen LogP contribution is -2.41. The molecular formula is C22H22N6O4S. The van der Waals surface area contributed by atoms with Crippen molar-refractivity contribution in [2.24, 2.45) is 10.7 Å². The summed E-state index contributed by atoms with van der Waals surface area (Å²) < 4.78 is 30.6. The molecule has 0 saturated carbocycles. The highest BCUT2D eigenvalue weighted by Crippen LogP contribution is 2.41. The van der Waals surface area contributed by atoms with Crippen LogP contribution in [0.4, 0.5) is 0 Å². The van der Waals surface area contributed by atoms with Gasteiger partial charge in [0.1, 0.15) is 5.75 Å². The fourth-order valence-electron chi connectivity index (χ4n) is 3.48. The molecule has 11 heteroatoms. The van der Waals surface area contributed by atoms with Crippen molar-refractivity contribution in [2.75, 3.05) is 21.1 Å². The Balaban J connectivity index is 1.89. The average molecular weight is 467 g/mol. The predicted octanol–water partition coefficient (Wildman–Crippen LogP) is 1.36. The molecule has 33 heavy (non-hydrogen) atoms. The number of guanidine groups is 1. The monoisotopic (exact) mass is 466 g/mol. The third-order valence-electron chi connectivity index (χ3n) is 5.24. The van der Waals surface area contributed by atoms with Gasteiger partial charge in [-0.3, -0.25) is 9.69 Å². The van der Waals surface area contributed by atoms with Crippen molar-refractivity contribution in [1.82, 2.24) is 19.2 Å². The Bertz CT molecular complexity index is 1340. The summed E-state index contributed by atoms with van der Waals surface area (Å²) in [5.74, 6) is 0.172. The number of aliphatic imine (C=N–C) groups is 1. The molecule has 1 atom stereocenters. The Labute approximate surface area is 191 Å². The maximum atomic E-state index is 13.5. The number of carbonyl (C=O) groups excluding carboxylic acids is 1. The van der Waals surface area contributed by atoms with Crippen LogP contribution in [0.1, 0.15) is 11.1 Å². The lowest BCUT2D eigenvalue weighted by molar-refractivity contribution is -0.129. The van der Waals surface area contributed by atoms with Gasteiger partial charge in [-0.2, -0.15) is 12.7 Å². The van der Waals surface area contributed by atoms with Gasteiger partial charge in [-0.1, -0.05) is 30.3 Å². The third kappa shape index (κ3) is 3.92. The van der Waals surface area contributed by atoms with Gasteiger partial charge in [0, 0.05) is 39.1 Å². The fraction of sp³-hybridized carbons (Fsp3) is 0.182. The Morgan fingerprint density at radius 3 is 2.24 bits per heavy atom. The van der Waals surface area contributed by atoms with E-state index in [0.29, 0.717) is 22.5 Å². The van der Waals surface area contributed by atoms with Gasteiger partial charge in [0.05, 0.1) is 0 Å². The molecular weight excluding hydrogens is 444 g/mol. The zero-order valence-corrected chi connectivity index (χ0v) is 19.0. The van der Waals surface area contributed by atoms with Crippen molar-refractivity contribution >= 4 is 22.2 Å². The summed E-state index contributed by atoms with van der Waals surface area (Å²) >= 11 is 0. The highest BCUT2D eigenvalue weighted by molar-refractivity contribution is 7.84. The Morgan fingerprint density at radius 2 is 1.64 bits per heavy atom. The highest BCUT2D eigenvalue weighted by atomic mass is 32.2. The number of aromatic nitrogens is 2. The summed E-state index contributed by atoms with van der Waals surface area (Å²) in [6.07, 6.45) is 3.25. The van der Waals surface area contributed by atoms with Gasteiger partial charge in [-0.05, 0) is 35.4 Å². The number of likely N-dealkylation sites (N-methyl/N-ethyl adjacent to an activating group) is 1. The van der Waals surface area contributed by atoms with Gasteiger partial charge in [-0.15, -0.1) is 0 Å². The molecule has 1 aliphatic heterocycles. The molecule has 2 aromatic carbocycles. The van der Waals surface area contributed by atoms with Gasteiger partial charge >= 0.3 is 10.3 Å². The molecule has 0 spiro atoms. The summed E-state index contributed by atoms with van der Waals surface area (Å²) in [6.45, 7) is 0. The number of carbonyl (C=O) groups is 1. The molecule has 1 aromatic heterocycles. The van der Waals surface area contributed by atoms with Crippen molar-refractivity contribution in [2.45, 2.75) is 5.54 Å². The van der Waals surface area contributed by atoms with Gasteiger partial charge < -0.3 is 9.92 Å². The first kappa shape index (κ1) is 22.4. The van der Waals surface area contributed by atoms with E-state index in [1.54, 1.807) is 48.8 Å². The topological polar surface area (TPSA) is 131 Å². The van der Waals surface area contributed by atoms with Crippen molar-refractivity contribution in [3.8, 4) is 17.1 Å². The first-order chi connectivity index (χ1) is 15.6. The maximum Gasteiger partial charge on any atom is 0.384 e. The molecule has 170 valence electrons. The molecule has 0 fully saturated rings. The van der Waals surface area contributed by atoms with Crippen LogP contribution >= 0.6 is 0 Å². The van der Waals surface area contributed by atoms with Crippen LogP contribution in [0.25, 0.3) is 11.4 Å². The number of hydrogen-bond donors (Lipinski definition) is 1. The molecule has 4 rings (SSSR count). The molecule has 0 radical (unpaired) electrons. The second kappa shape index (κ2) is 8.26. The lowest BCUT2D eigenvalue weighted by atomic mass is 9.82. The molecule has 2 N–H and O–H groups in total. The van der Waals surface area contributed by atoms with Crippen LogP contribution in [0.2, 0.25) is 0 Å². The highest BCUT2D eigenvalue weighted by Gasteiger charge is 2.49. The van der Waals surface area contributed by atoms with Gasteiger partial charge in [0.2, 0.25) is 0 Å². The minimum absolute atomic E-state index is 0.0357. The summed E-state index contributed by atoms with van der Waals surface area (Å²) in [4.78, 5) is 27.9. The molecule has 10 nitrogen and oxygen atoms in total. The average Bonchev–Trinajstić information content (AvgIpc) is 3.04. The Kier molecular flexibility index (Phi) is 5.60. The number of hydrogen-bond acceptors (Lipinski definition) is 8. The molecule has 0 aliphatic carbocycles. The Morgan fingerprint density at radius 1 is 1.00 bits per heavy atom. The SMILES string of the molecule is CN1C(=O)C(c2cccc(OS(=O)(=O)N(C)C)c2)(c2cccc(-c3ncccn3)c2)N=C1N. The number of nitrogens with zero attached hydrogens (tertiary/aromatic N) is 5. The molecule has 1 amide bonds. The number of benzene rings is 2. The molecule has 3 aromatic rings. The zero-order chi connectivity index (χ0) is 23.8. The normalized spacial score (nSPS) is 18.5. The summed E-state index contributed by atoms with van der Waals surface area (Å²) in [7, 11) is 0.258. The first-order valence-electron chi connectivity index (χ1n) is 9.89. The van der Waals surface area contributed by atoms with Crippen LogP contribution in [0.5, 0.6) is 5.75 Å². The van der Waals surface area contributed by atoms with E-state index in [0.717, 1.165) is 4.31 Å². The zero-order valence-electron chi connectivity index (χ0n) is 18.2. The number of nitrogens with two attached hydrogens (primary N) is 1. The van der Waals surface area contributed by atoms with E-state index in [9.17, 15) is 13.2 Å². The first-order valence-corrected chi connectivity index (χ1v) is 11.3. The van der Waals surface area contributed by atoms with E-state index >= 15 is 0 Å². The van der Waals surface area contributed by atoms with Crippen LogP contribution in [0.3, 0.4) is 0 Å². The second-order valence-electron chi connectivity index (χ2n) is 7.55. The molecule has 0 saturated heterocycles.